The molecule has 0 heterocycles. The van der Waals surface area contributed by atoms with Crippen molar-refractivity contribution in [2.45, 2.75) is 12.1 Å². The Labute approximate surface area is 58.2 Å². The van der Waals surface area contributed by atoms with E-state index in [1.54, 1.807) is 12.2 Å². The second kappa shape index (κ2) is 2.25. The Hall–Kier alpha value is -1.12. The maximum absolute atomic E-state index is 13.1. The average Bonchev–Trinajstić information content (AvgIpc) is 1.89. The average molecular weight is 141 g/mol. The smallest absolute Gasteiger partial charge is 0.259 e. The van der Waals surface area contributed by atoms with Gasteiger partial charge in [0.15, 0.2) is 0 Å². The molecule has 10 heavy (non-hydrogen) atoms. The van der Waals surface area contributed by atoms with Crippen LogP contribution in [0.15, 0.2) is 24.3 Å². The Morgan fingerprint density at radius 3 is 2.60 bits per heavy atom. The van der Waals surface area contributed by atoms with E-state index in [4.69, 9.17) is 5.73 Å². The first-order chi connectivity index (χ1) is 4.65. The molecule has 1 aliphatic rings. The molecular formula is C7H8FNO. The van der Waals surface area contributed by atoms with Crippen LogP contribution in [0.1, 0.15) is 6.42 Å². The van der Waals surface area contributed by atoms with Crippen LogP contribution in [0, 0.1) is 0 Å². The first-order valence-electron chi connectivity index (χ1n) is 2.98. The highest BCUT2D eigenvalue weighted by atomic mass is 19.1. The lowest BCUT2D eigenvalue weighted by Gasteiger charge is -2.16. The molecule has 0 aromatic carbocycles. The third-order valence-electron chi connectivity index (χ3n) is 1.43. The molecule has 0 aromatic rings. The number of nitrogens with two attached hydrogens (primary N) is 1. The van der Waals surface area contributed by atoms with E-state index in [2.05, 4.69) is 0 Å². The van der Waals surface area contributed by atoms with Gasteiger partial charge in [-0.15, -0.1) is 0 Å². The van der Waals surface area contributed by atoms with E-state index in [1.807, 2.05) is 0 Å². The molecule has 1 rings (SSSR count). The van der Waals surface area contributed by atoms with Gasteiger partial charge in [-0.1, -0.05) is 18.2 Å². The fraction of sp³-hybridized carbons (Fsp3) is 0.286. The van der Waals surface area contributed by atoms with Crippen molar-refractivity contribution in [3.05, 3.63) is 24.3 Å². The molecule has 1 atom stereocenters. The van der Waals surface area contributed by atoms with E-state index >= 15 is 0 Å². The van der Waals surface area contributed by atoms with E-state index in [1.165, 1.54) is 12.2 Å². The molecule has 2 nitrogen and oxygen atoms in total. The zero-order chi connectivity index (χ0) is 7.61. The van der Waals surface area contributed by atoms with Gasteiger partial charge in [0.2, 0.25) is 5.67 Å². The monoisotopic (exact) mass is 141 g/mol. The molecule has 0 radical (unpaired) electrons. The molecular weight excluding hydrogens is 133 g/mol. The zero-order valence-corrected chi connectivity index (χ0v) is 5.38. The lowest BCUT2D eigenvalue weighted by molar-refractivity contribution is -0.126. The number of carbonyl (C=O) groups excluding carboxylic acids is 1. The first kappa shape index (κ1) is 6.99. The van der Waals surface area contributed by atoms with Gasteiger partial charge in [-0.25, -0.2) is 4.39 Å². The first-order valence-corrected chi connectivity index (χ1v) is 2.98. The standard InChI is InChI=1S/C7H8FNO/c8-7(6(9)10)4-2-1-3-5-7/h1-4H,5H2,(H2,9,10). The van der Waals surface area contributed by atoms with Gasteiger partial charge < -0.3 is 5.73 Å². The SMILES string of the molecule is NC(=O)C1(F)C=CC=CC1. The predicted octanol–water partition coefficient (Wildman–Crippen LogP) is 0.696. The predicted molar refractivity (Wildman–Crippen MR) is 35.9 cm³/mol. The molecule has 3 heteroatoms. The van der Waals surface area contributed by atoms with Crippen molar-refractivity contribution in [3.8, 4) is 0 Å². The molecule has 0 bridgehead atoms. The summed E-state index contributed by atoms with van der Waals surface area (Å²) in [5, 5.41) is 0. The fourth-order valence-electron chi connectivity index (χ4n) is 0.777. The van der Waals surface area contributed by atoms with Crippen LogP contribution >= 0.6 is 0 Å². The van der Waals surface area contributed by atoms with Crippen molar-refractivity contribution < 1.29 is 9.18 Å². The van der Waals surface area contributed by atoms with Crippen molar-refractivity contribution >= 4 is 5.91 Å². The van der Waals surface area contributed by atoms with Gasteiger partial charge in [-0.2, -0.15) is 0 Å². The molecule has 0 aliphatic heterocycles. The van der Waals surface area contributed by atoms with E-state index in [-0.39, 0.29) is 6.42 Å². The fourth-order valence-corrected chi connectivity index (χ4v) is 0.777. The highest BCUT2D eigenvalue weighted by molar-refractivity contribution is 5.86. The van der Waals surface area contributed by atoms with Gasteiger partial charge in [-0.05, 0) is 6.08 Å². The number of carbonyl (C=O) groups is 1. The third kappa shape index (κ3) is 1.07. The largest absolute Gasteiger partial charge is 0.367 e. The normalized spacial score (nSPS) is 30.5. The van der Waals surface area contributed by atoms with E-state index in [0.29, 0.717) is 0 Å². The van der Waals surface area contributed by atoms with Gasteiger partial charge in [0.25, 0.3) is 5.91 Å². The minimum atomic E-state index is -1.95. The van der Waals surface area contributed by atoms with E-state index in [9.17, 15) is 9.18 Å². The third-order valence-corrected chi connectivity index (χ3v) is 1.43. The van der Waals surface area contributed by atoms with Crippen LogP contribution in [0.3, 0.4) is 0 Å². The van der Waals surface area contributed by atoms with Gasteiger partial charge in [0, 0.05) is 6.42 Å². The second-order valence-corrected chi connectivity index (χ2v) is 2.22. The summed E-state index contributed by atoms with van der Waals surface area (Å²) >= 11 is 0. The molecule has 0 saturated heterocycles. The highest BCUT2D eigenvalue weighted by Gasteiger charge is 2.32. The summed E-state index contributed by atoms with van der Waals surface area (Å²) < 4.78 is 13.1. The minimum absolute atomic E-state index is 0.0544. The van der Waals surface area contributed by atoms with Crippen LogP contribution < -0.4 is 5.73 Å². The van der Waals surface area contributed by atoms with Gasteiger partial charge in [-0.3, -0.25) is 4.79 Å². The van der Waals surface area contributed by atoms with Crippen molar-refractivity contribution in [1.82, 2.24) is 0 Å². The Morgan fingerprint density at radius 1 is 1.60 bits per heavy atom. The Morgan fingerprint density at radius 2 is 2.30 bits per heavy atom. The molecule has 2 N–H and O–H groups in total. The Kier molecular flexibility index (Phi) is 1.57. The minimum Gasteiger partial charge on any atom is -0.367 e. The van der Waals surface area contributed by atoms with Crippen LogP contribution in [-0.4, -0.2) is 11.6 Å². The van der Waals surface area contributed by atoms with Crippen molar-refractivity contribution in [2.24, 2.45) is 5.73 Å². The summed E-state index contributed by atoms with van der Waals surface area (Å²) in [6, 6.07) is 0. The van der Waals surface area contributed by atoms with Crippen LogP contribution in [0.25, 0.3) is 0 Å². The zero-order valence-electron chi connectivity index (χ0n) is 5.38. The maximum Gasteiger partial charge on any atom is 0.259 e. The Bertz CT molecular complexity index is 210. The summed E-state index contributed by atoms with van der Waals surface area (Å²) in [6.07, 6.45) is 5.97. The number of primary amides is 1. The quantitative estimate of drug-likeness (QED) is 0.573. The number of hydrogen-bond acceptors (Lipinski definition) is 1. The molecule has 54 valence electrons. The summed E-state index contributed by atoms with van der Waals surface area (Å²) in [7, 11) is 0. The number of hydrogen-bond donors (Lipinski definition) is 1. The van der Waals surface area contributed by atoms with Crippen LogP contribution in [0.4, 0.5) is 4.39 Å². The molecule has 0 spiro atoms. The molecule has 0 aromatic heterocycles. The Balaban J connectivity index is 2.80. The summed E-state index contributed by atoms with van der Waals surface area (Å²) in [6.45, 7) is 0. The molecule has 0 saturated carbocycles. The van der Waals surface area contributed by atoms with Crippen LogP contribution in [-0.2, 0) is 4.79 Å². The summed E-state index contributed by atoms with van der Waals surface area (Å²) in [5.41, 5.74) is 2.85. The number of alkyl halides is 1. The lowest BCUT2D eigenvalue weighted by Crippen LogP contribution is -2.37. The van der Waals surface area contributed by atoms with Gasteiger partial charge in [0.1, 0.15) is 0 Å². The van der Waals surface area contributed by atoms with E-state index < -0.39 is 11.6 Å². The summed E-state index contributed by atoms with van der Waals surface area (Å²) in [5.74, 6) is -0.923. The lowest BCUT2D eigenvalue weighted by atomic mass is 9.97. The molecule has 1 aliphatic carbocycles. The van der Waals surface area contributed by atoms with Gasteiger partial charge >= 0.3 is 0 Å². The summed E-state index contributed by atoms with van der Waals surface area (Å²) in [4.78, 5) is 10.4. The van der Waals surface area contributed by atoms with Crippen molar-refractivity contribution in [3.63, 3.8) is 0 Å². The number of amides is 1. The van der Waals surface area contributed by atoms with E-state index in [0.717, 1.165) is 0 Å². The van der Waals surface area contributed by atoms with Crippen molar-refractivity contribution in [1.29, 1.82) is 0 Å². The van der Waals surface area contributed by atoms with Crippen molar-refractivity contribution in [2.75, 3.05) is 0 Å². The van der Waals surface area contributed by atoms with Crippen LogP contribution in [0.2, 0.25) is 0 Å². The number of rotatable bonds is 1. The second-order valence-electron chi connectivity index (χ2n) is 2.22. The number of allylic oxidation sites excluding steroid dienone is 3. The molecule has 1 amide bonds. The number of halogens is 1. The highest BCUT2D eigenvalue weighted by Crippen LogP contribution is 2.21. The molecule has 0 fully saturated rings. The maximum atomic E-state index is 13.1. The topological polar surface area (TPSA) is 43.1 Å². The van der Waals surface area contributed by atoms with Crippen LogP contribution in [0.5, 0.6) is 0 Å². The van der Waals surface area contributed by atoms with Gasteiger partial charge in [0.05, 0.1) is 0 Å². The molecule has 1 unspecified atom stereocenters.